The first-order valence-electron chi connectivity index (χ1n) is 6.10. The zero-order valence-corrected chi connectivity index (χ0v) is 9.69. The number of piperidine rings is 1. The summed E-state index contributed by atoms with van der Waals surface area (Å²) in [6.45, 7) is 2.20. The molecule has 0 bridgehead atoms. The first kappa shape index (κ1) is 10.5. The van der Waals surface area contributed by atoms with E-state index < -0.39 is 0 Å². The highest BCUT2D eigenvalue weighted by atomic mass is 15.0. The molecule has 1 aromatic heterocycles. The Kier molecular flexibility index (Phi) is 2.88. The molecule has 4 heteroatoms. The Morgan fingerprint density at radius 2 is 1.82 bits per heavy atom. The van der Waals surface area contributed by atoms with Crippen LogP contribution in [0.2, 0.25) is 0 Å². The van der Waals surface area contributed by atoms with Crippen molar-refractivity contribution in [3.63, 3.8) is 0 Å². The van der Waals surface area contributed by atoms with Crippen molar-refractivity contribution in [3.05, 3.63) is 30.6 Å². The summed E-state index contributed by atoms with van der Waals surface area (Å²) >= 11 is 0. The van der Waals surface area contributed by atoms with Gasteiger partial charge in [-0.15, -0.1) is 0 Å². The molecule has 1 aliphatic heterocycles. The Bertz CT molecular complexity index is 506. The third kappa shape index (κ3) is 2.36. The Hall–Kier alpha value is -1.68. The predicted molar refractivity (Wildman–Crippen MR) is 69.1 cm³/mol. The summed E-state index contributed by atoms with van der Waals surface area (Å²) < 4.78 is 0. The van der Waals surface area contributed by atoms with Gasteiger partial charge in [0, 0.05) is 24.1 Å². The number of benzene rings is 1. The molecular formula is C13H16N4. The lowest BCUT2D eigenvalue weighted by Gasteiger charge is -2.24. The number of fused-ring (bicyclic) bond motifs is 1. The van der Waals surface area contributed by atoms with Gasteiger partial charge < -0.3 is 10.6 Å². The third-order valence-corrected chi connectivity index (χ3v) is 3.18. The summed E-state index contributed by atoms with van der Waals surface area (Å²) in [6, 6.07) is 6.75. The second-order valence-corrected chi connectivity index (χ2v) is 4.43. The van der Waals surface area contributed by atoms with Crippen molar-refractivity contribution in [2.24, 2.45) is 0 Å². The molecule has 0 radical (unpaired) electrons. The van der Waals surface area contributed by atoms with E-state index in [4.69, 9.17) is 0 Å². The normalized spacial score (nSPS) is 17.2. The van der Waals surface area contributed by atoms with Crippen LogP contribution in [0.4, 0.5) is 5.69 Å². The SMILES string of the molecule is c1cnc2cc(NC3CCNCC3)ccc2n1. The maximum atomic E-state index is 4.32. The molecule has 88 valence electrons. The van der Waals surface area contributed by atoms with E-state index in [0.717, 1.165) is 29.8 Å². The van der Waals surface area contributed by atoms with Gasteiger partial charge in [-0.2, -0.15) is 0 Å². The average molecular weight is 228 g/mol. The minimum atomic E-state index is 0.574. The number of aromatic nitrogens is 2. The van der Waals surface area contributed by atoms with E-state index in [9.17, 15) is 0 Å². The summed E-state index contributed by atoms with van der Waals surface area (Å²) in [4.78, 5) is 8.59. The van der Waals surface area contributed by atoms with Crippen LogP contribution in [0.25, 0.3) is 11.0 Å². The summed E-state index contributed by atoms with van der Waals surface area (Å²) in [5.41, 5.74) is 3.04. The van der Waals surface area contributed by atoms with Crippen LogP contribution in [0.5, 0.6) is 0 Å². The van der Waals surface area contributed by atoms with Crippen molar-refractivity contribution in [3.8, 4) is 0 Å². The van der Waals surface area contributed by atoms with Gasteiger partial charge in [0.05, 0.1) is 11.0 Å². The molecule has 1 fully saturated rings. The summed E-state index contributed by atoms with van der Waals surface area (Å²) in [7, 11) is 0. The minimum Gasteiger partial charge on any atom is -0.382 e. The van der Waals surface area contributed by atoms with Gasteiger partial charge in [0.15, 0.2) is 0 Å². The van der Waals surface area contributed by atoms with Gasteiger partial charge in [0.1, 0.15) is 0 Å². The maximum Gasteiger partial charge on any atom is 0.0907 e. The van der Waals surface area contributed by atoms with Crippen molar-refractivity contribution >= 4 is 16.7 Å². The average Bonchev–Trinajstić information content (AvgIpc) is 2.40. The standard InChI is InChI=1S/C13H16N4/c1-2-12-13(16-8-7-15-12)9-11(1)17-10-3-5-14-6-4-10/h1-2,7-10,14,17H,3-6H2. The number of hydrogen-bond donors (Lipinski definition) is 2. The second-order valence-electron chi connectivity index (χ2n) is 4.43. The summed E-state index contributed by atoms with van der Waals surface area (Å²) in [5, 5.41) is 6.93. The van der Waals surface area contributed by atoms with Crippen LogP contribution in [0.15, 0.2) is 30.6 Å². The molecular weight excluding hydrogens is 212 g/mol. The van der Waals surface area contributed by atoms with Crippen LogP contribution in [0.1, 0.15) is 12.8 Å². The molecule has 2 aromatic rings. The molecule has 3 rings (SSSR count). The maximum absolute atomic E-state index is 4.32. The molecule has 0 amide bonds. The van der Waals surface area contributed by atoms with Crippen LogP contribution in [0, 0.1) is 0 Å². The van der Waals surface area contributed by atoms with E-state index in [0.29, 0.717) is 6.04 Å². The van der Waals surface area contributed by atoms with Crippen LogP contribution in [-0.4, -0.2) is 29.1 Å². The highest BCUT2D eigenvalue weighted by Crippen LogP contribution is 2.17. The second kappa shape index (κ2) is 4.67. The van der Waals surface area contributed by atoms with E-state index in [2.05, 4.69) is 32.7 Å². The van der Waals surface area contributed by atoms with Gasteiger partial charge >= 0.3 is 0 Å². The smallest absolute Gasteiger partial charge is 0.0907 e. The van der Waals surface area contributed by atoms with Gasteiger partial charge in [0.2, 0.25) is 0 Å². The highest BCUT2D eigenvalue weighted by molar-refractivity contribution is 5.78. The zero-order chi connectivity index (χ0) is 11.5. The molecule has 0 spiro atoms. The predicted octanol–water partition coefficient (Wildman–Crippen LogP) is 1.79. The molecule has 0 atom stereocenters. The number of nitrogens with one attached hydrogen (secondary N) is 2. The number of rotatable bonds is 2. The number of hydrogen-bond acceptors (Lipinski definition) is 4. The van der Waals surface area contributed by atoms with Gasteiger partial charge in [0.25, 0.3) is 0 Å². The van der Waals surface area contributed by atoms with Crippen LogP contribution < -0.4 is 10.6 Å². The molecule has 1 saturated heterocycles. The van der Waals surface area contributed by atoms with Crippen molar-refractivity contribution in [2.45, 2.75) is 18.9 Å². The largest absolute Gasteiger partial charge is 0.382 e. The van der Waals surface area contributed by atoms with Gasteiger partial charge in [-0.05, 0) is 44.1 Å². The number of nitrogens with zero attached hydrogens (tertiary/aromatic N) is 2. The van der Waals surface area contributed by atoms with Crippen molar-refractivity contribution in [2.75, 3.05) is 18.4 Å². The Morgan fingerprint density at radius 1 is 1.06 bits per heavy atom. The molecule has 2 heterocycles. The molecule has 4 nitrogen and oxygen atoms in total. The molecule has 0 unspecified atom stereocenters. The Labute approximate surface area is 100 Å². The summed E-state index contributed by atoms with van der Waals surface area (Å²) in [5.74, 6) is 0. The van der Waals surface area contributed by atoms with E-state index in [-0.39, 0.29) is 0 Å². The van der Waals surface area contributed by atoms with E-state index in [1.54, 1.807) is 12.4 Å². The van der Waals surface area contributed by atoms with Crippen LogP contribution >= 0.6 is 0 Å². The lowest BCUT2D eigenvalue weighted by molar-refractivity contribution is 0.479. The lowest BCUT2D eigenvalue weighted by Crippen LogP contribution is -2.35. The first-order valence-corrected chi connectivity index (χ1v) is 6.10. The van der Waals surface area contributed by atoms with Gasteiger partial charge in [-0.25, -0.2) is 0 Å². The van der Waals surface area contributed by atoms with Crippen LogP contribution in [-0.2, 0) is 0 Å². The number of anilines is 1. The first-order chi connectivity index (χ1) is 8.42. The molecule has 0 saturated carbocycles. The van der Waals surface area contributed by atoms with Crippen LogP contribution in [0.3, 0.4) is 0 Å². The molecule has 17 heavy (non-hydrogen) atoms. The molecule has 1 aliphatic rings. The van der Waals surface area contributed by atoms with E-state index >= 15 is 0 Å². The Balaban J connectivity index is 1.80. The summed E-state index contributed by atoms with van der Waals surface area (Å²) in [6.07, 6.45) is 5.82. The van der Waals surface area contributed by atoms with Crippen molar-refractivity contribution in [1.29, 1.82) is 0 Å². The minimum absolute atomic E-state index is 0.574. The molecule has 2 N–H and O–H groups in total. The topological polar surface area (TPSA) is 49.8 Å². The lowest BCUT2D eigenvalue weighted by atomic mass is 10.1. The fourth-order valence-electron chi connectivity index (χ4n) is 2.26. The van der Waals surface area contributed by atoms with Gasteiger partial charge in [-0.1, -0.05) is 0 Å². The fraction of sp³-hybridized carbons (Fsp3) is 0.385. The van der Waals surface area contributed by atoms with E-state index in [1.807, 2.05) is 6.07 Å². The third-order valence-electron chi connectivity index (χ3n) is 3.18. The molecule has 1 aromatic carbocycles. The van der Waals surface area contributed by atoms with E-state index in [1.165, 1.54) is 12.8 Å². The van der Waals surface area contributed by atoms with Crippen molar-refractivity contribution < 1.29 is 0 Å². The Morgan fingerprint density at radius 3 is 2.65 bits per heavy atom. The monoisotopic (exact) mass is 228 g/mol. The van der Waals surface area contributed by atoms with Crippen molar-refractivity contribution in [1.82, 2.24) is 15.3 Å². The molecule has 0 aliphatic carbocycles. The van der Waals surface area contributed by atoms with Gasteiger partial charge in [-0.3, -0.25) is 9.97 Å². The highest BCUT2D eigenvalue weighted by Gasteiger charge is 2.12. The quantitative estimate of drug-likeness (QED) is 0.823. The zero-order valence-electron chi connectivity index (χ0n) is 9.69. The fourth-order valence-corrected chi connectivity index (χ4v) is 2.26.